The van der Waals surface area contributed by atoms with Crippen LogP contribution in [0.5, 0.6) is 0 Å². The summed E-state index contributed by atoms with van der Waals surface area (Å²) in [7, 11) is 1.31. The van der Waals surface area contributed by atoms with Gasteiger partial charge in [0.15, 0.2) is 0 Å². The van der Waals surface area contributed by atoms with Crippen LogP contribution in [0.2, 0.25) is 0 Å². The predicted molar refractivity (Wildman–Crippen MR) is 74.4 cm³/mol. The Labute approximate surface area is 122 Å². The van der Waals surface area contributed by atoms with Crippen LogP contribution in [0.1, 0.15) is 28.8 Å². The number of primary amides is 1. The van der Waals surface area contributed by atoms with E-state index in [-0.39, 0.29) is 19.0 Å². The smallest absolute Gasteiger partial charge is 0.337 e. The van der Waals surface area contributed by atoms with Gasteiger partial charge in [0.1, 0.15) is 6.61 Å². The summed E-state index contributed by atoms with van der Waals surface area (Å²) in [6.45, 7) is 0.460. The van der Waals surface area contributed by atoms with Gasteiger partial charge >= 0.3 is 18.0 Å². The Kier molecular flexibility index (Phi) is 6.73. The Balaban J connectivity index is 2.29. The molecule has 114 valence electrons. The third-order valence-corrected chi connectivity index (χ3v) is 2.63. The second-order valence-electron chi connectivity index (χ2n) is 4.24. The molecule has 0 saturated heterocycles. The lowest BCUT2D eigenvalue weighted by atomic mass is 10.1. The highest BCUT2D eigenvalue weighted by molar-refractivity contribution is 5.89. The summed E-state index contributed by atoms with van der Waals surface area (Å²) in [6.07, 6.45) is 0.656. The van der Waals surface area contributed by atoms with Gasteiger partial charge in [0.2, 0.25) is 0 Å². The highest BCUT2D eigenvalue weighted by Gasteiger charge is 2.06. The second-order valence-corrected chi connectivity index (χ2v) is 4.24. The number of ether oxygens (including phenoxy) is 2. The van der Waals surface area contributed by atoms with Crippen LogP contribution in [-0.2, 0) is 20.9 Å². The standard InChI is InChI=1S/C14H18N2O5/c1-20-13(18)11-6-4-10(5-7-11)9-21-12(17)3-2-8-16-14(15)19/h4-7H,2-3,8-9H2,1H3,(H3,15,16,19). The minimum Gasteiger partial charge on any atom is -0.465 e. The van der Waals surface area contributed by atoms with Crippen LogP contribution >= 0.6 is 0 Å². The summed E-state index contributed by atoms with van der Waals surface area (Å²) in [5, 5.41) is 2.38. The van der Waals surface area contributed by atoms with Gasteiger partial charge in [0.25, 0.3) is 0 Å². The number of carbonyl (C=O) groups is 3. The van der Waals surface area contributed by atoms with Crippen LogP contribution in [0.25, 0.3) is 0 Å². The molecule has 2 amide bonds. The molecule has 0 bridgehead atoms. The summed E-state index contributed by atoms with van der Waals surface area (Å²) in [4.78, 5) is 33.1. The molecule has 7 nitrogen and oxygen atoms in total. The summed E-state index contributed by atoms with van der Waals surface area (Å²) in [5.74, 6) is -0.779. The molecule has 0 aliphatic heterocycles. The number of benzene rings is 1. The number of urea groups is 1. The van der Waals surface area contributed by atoms with Crippen molar-refractivity contribution in [2.45, 2.75) is 19.4 Å². The van der Waals surface area contributed by atoms with Crippen molar-refractivity contribution in [3.63, 3.8) is 0 Å². The van der Waals surface area contributed by atoms with Gasteiger partial charge in [-0.05, 0) is 24.1 Å². The number of nitrogens with two attached hydrogens (primary N) is 1. The first-order valence-electron chi connectivity index (χ1n) is 6.39. The van der Waals surface area contributed by atoms with Gasteiger partial charge in [-0.25, -0.2) is 9.59 Å². The predicted octanol–water partition coefficient (Wildman–Crippen LogP) is 0.965. The van der Waals surface area contributed by atoms with Crippen molar-refractivity contribution in [3.8, 4) is 0 Å². The minimum absolute atomic E-state index is 0.129. The van der Waals surface area contributed by atoms with Gasteiger partial charge < -0.3 is 20.5 Å². The quantitative estimate of drug-likeness (QED) is 0.575. The highest BCUT2D eigenvalue weighted by atomic mass is 16.5. The Bertz CT molecular complexity index is 499. The SMILES string of the molecule is COC(=O)c1ccc(COC(=O)CCCNC(N)=O)cc1. The Morgan fingerprint density at radius 1 is 1.19 bits per heavy atom. The van der Waals surface area contributed by atoms with Crippen LogP contribution in [-0.4, -0.2) is 31.6 Å². The van der Waals surface area contributed by atoms with Gasteiger partial charge in [-0.1, -0.05) is 12.1 Å². The number of hydrogen-bond acceptors (Lipinski definition) is 5. The van der Waals surface area contributed by atoms with Crippen molar-refractivity contribution in [2.75, 3.05) is 13.7 Å². The van der Waals surface area contributed by atoms with E-state index < -0.39 is 12.0 Å². The Morgan fingerprint density at radius 3 is 2.43 bits per heavy atom. The van der Waals surface area contributed by atoms with E-state index in [2.05, 4.69) is 10.1 Å². The number of amides is 2. The number of nitrogens with one attached hydrogen (secondary N) is 1. The third-order valence-electron chi connectivity index (χ3n) is 2.63. The van der Waals surface area contributed by atoms with Gasteiger partial charge in [-0.15, -0.1) is 0 Å². The molecule has 0 heterocycles. The number of rotatable bonds is 7. The first kappa shape index (κ1) is 16.5. The molecule has 0 fully saturated rings. The van der Waals surface area contributed by atoms with Crippen molar-refractivity contribution in [3.05, 3.63) is 35.4 Å². The Morgan fingerprint density at radius 2 is 1.86 bits per heavy atom. The molecule has 1 aromatic rings. The largest absolute Gasteiger partial charge is 0.465 e. The van der Waals surface area contributed by atoms with Crippen molar-refractivity contribution in [2.24, 2.45) is 5.73 Å². The van der Waals surface area contributed by atoms with Crippen LogP contribution < -0.4 is 11.1 Å². The summed E-state index contributed by atoms with van der Waals surface area (Å²) >= 11 is 0. The maximum atomic E-state index is 11.4. The fraction of sp³-hybridized carbons (Fsp3) is 0.357. The molecular formula is C14H18N2O5. The molecule has 0 aromatic heterocycles. The number of esters is 2. The van der Waals surface area contributed by atoms with E-state index in [0.29, 0.717) is 18.5 Å². The average molecular weight is 294 g/mol. The zero-order valence-corrected chi connectivity index (χ0v) is 11.8. The fourth-order valence-electron chi connectivity index (χ4n) is 1.54. The van der Waals surface area contributed by atoms with E-state index >= 15 is 0 Å². The maximum Gasteiger partial charge on any atom is 0.337 e. The molecule has 0 aliphatic rings. The van der Waals surface area contributed by atoms with Gasteiger partial charge in [-0.2, -0.15) is 0 Å². The van der Waals surface area contributed by atoms with Crippen molar-refractivity contribution in [1.82, 2.24) is 5.32 Å². The maximum absolute atomic E-state index is 11.4. The lowest BCUT2D eigenvalue weighted by Crippen LogP contribution is -2.30. The Hall–Kier alpha value is -2.57. The van der Waals surface area contributed by atoms with Crippen LogP contribution in [0.15, 0.2) is 24.3 Å². The minimum atomic E-state index is -0.617. The van der Waals surface area contributed by atoms with E-state index in [4.69, 9.17) is 10.5 Å². The first-order chi connectivity index (χ1) is 10.0. The monoisotopic (exact) mass is 294 g/mol. The first-order valence-corrected chi connectivity index (χ1v) is 6.39. The molecule has 7 heteroatoms. The van der Waals surface area contributed by atoms with Gasteiger partial charge in [-0.3, -0.25) is 4.79 Å². The highest BCUT2D eigenvalue weighted by Crippen LogP contribution is 2.07. The molecule has 0 radical (unpaired) electrons. The van der Waals surface area contributed by atoms with Gasteiger partial charge in [0, 0.05) is 13.0 Å². The lowest BCUT2D eigenvalue weighted by molar-refractivity contribution is -0.145. The van der Waals surface area contributed by atoms with E-state index in [1.807, 2.05) is 0 Å². The van der Waals surface area contributed by atoms with Gasteiger partial charge in [0.05, 0.1) is 12.7 Å². The van der Waals surface area contributed by atoms with E-state index in [1.54, 1.807) is 24.3 Å². The fourth-order valence-corrected chi connectivity index (χ4v) is 1.54. The van der Waals surface area contributed by atoms with Crippen LogP contribution in [0.3, 0.4) is 0 Å². The summed E-state index contributed by atoms with van der Waals surface area (Å²) in [5.41, 5.74) is 6.09. The molecule has 0 spiro atoms. The average Bonchev–Trinajstić information content (AvgIpc) is 2.49. The van der Waals surface area contributed by atoms with Crippen LogP contribution in [0.4, 0.5) is 4.79 Å². The number of methoxy groups -OCH3 is 1. The molecule has 0 unspecified atom stereocenters. The molecule has 1 aromatic carbocycles. The van der Waals surface area contributed by atoms with Crippen molar-refractivity contribution in [1.29, 1.82) is 0 Å². The van der Waals surface area contributed by atoms with Crippen molar-refractivity contribution < 1.29 is 23.9 Å². The topological polar surface area (TPSA) is 108 Å². The molecule has 3 N–H and O–H groups in total. The summed E-state index contributed by atoms with van der Waals surface area (Å²) < 4.78 is 9.65. The lowest BCUT2D eigenvalue weighted by Gasteiger charge is -2.06. The van der Waals surface area contributed by atoms with Crippen molar-refractivity contribution >= 4 is 18.0 Å². The number of hydrogen-bond donors (Lipinski definition) is 2. The zero-order chi connectivity index (χ0) is 15.7. The zero-order valence-electron chi connectivity index (χ0n) is 11.8. The second kappa shape index (κ2) is 8.57. The van der Waals surface area contributed by atoms with E-state index in [1.165, 1.54) is 7.11 Å². The third kappa shape index (κ3) is 6.42. The summed E-state index contributed by atoms with van der Waals surface area (Å²) in [6, 6.07) is 5.97. The molecule has 0 saturated carbocycles. The van der Waals surface area contributed by atoms with Crippen LogP contribution in [0, 0.1) is 0 Å². The normalized spacial score (nSPS) is 9.76. The molecule has 21 heavy (non-hydrogen) atoms. The number of carbonyl (C=O) groups excluding carboxylic acids is 3. The molecular weight excluding hydrogens is 276 g/mol. The van der Waals surface area contributed by atoms with E-state index in [0.717, 1.165) is 5.56 Å². The molecule has 1 rings (SSSR count). The van der Waals surface area contributed by atoms with E-state index in [9.17, 15) is 14.4 Å². The molecule has 0 aliphatic carbocycles. The molecule has 0 atom stereocenters.